The Kier molecular flexibility index (Phi) is 6.05. The van der Waals surface area contributed by atoms with Crippen LogP contribution in [0.1, 0.15) is 27.2 Å². The van der Waals surface area contributed by atoms with Crippen LogP contribution < -0.4 is 11.1 Å². The lowest BCUT2D eigenvalue weighted by Gasteiger charge is -2.13. The molecule has 0 spiro atoms. The summed E-state index contributed by atoms with van der Waals surface area (Å²) in [6.07, 6.45) is 1.01. The minimum atomic E-state index is -0.123. The summed E-state index contributed by atoms with van der Waals surface area (Å²) >= 11 is 1.50. The van der Waals surface area contributed by atoms with Gasteiger partial charge < -0.3 is 11.1 Å². The maximum Gasteiger partial charge on any atom is 0.233 e. The highest BCUT2D eigenvalue weighted by atomic mass is 32.2. The van der Waals surface area contributed by atoms with Crippen LogP contribution in [-0.2, 0) is 4.79 Å². The molecule has 0 fully saturated rings. The predicted octanol–water partition coefficient (Wildman–Crippen LogP) is 2.91. The number of carbonyl (C=O) groups excluding carboxylic acids is 1. The van der Waals surface area contributed by atoms with E-state index in [4.69, 9.17) is 5.73 Å². The van der Waals surface area contributed by atoms with Crippen molar-refractivity contribution in [2.24, 2.45) is 5.92 Å². The predicted molar refractivity (Wildman–Crippen MR) is 78.6 cm³/mol. The van der Waals surface area contributed by atoms with Gasteiger partial charge in [-0.05, 0) is 31.4 Å². The van der Waals surface area contributed by atoms with Crippen molar-refractivity contribution in [3.8, 4) is 0 Å². The van der Waals surface area contributed by atoms with E-state index >= 15 is 0 Å². The molecule has 1 unspecified atom stereocenters. The summed E-state index contributed by atoms with van der Waals surface area (Å²) in [5.74, 6) is 0.682. The lowest BCUT2D eigenvalue weighted by atomic mass is 10.1. The lowest BCUT2D eigenvalue weighted by Crippen LogP contribution is -2.32. The number of thioether (sulfide) groups is 1. The molecule has 3 nitrogen and oxygen atoms in total. The number of nitrogen functional groups attached to an aromatic ring is 1. The van der Waals surface area contributed by atoms with Crippen molar-refractivity contribution < 1.29 is 4.79 Å². The van der Waals surface area contributed by atoms with Gasteiger partial charge in [0.25, 0.3) is 0 Å². The van der Waals surface area contributed by atoms with E-state index in [1.165, 1.54) is 11.8 Å². The molecule has 0 aliphatic rings. The quantitative estimate of drug-likeness (QED) is 0.615. The van der Waals surface area contributed by atoms with Gasteiger partial charge in [0.15, 0.2) is 0 Å². The van der Waals surface area contributed by atoms with E-state index in [0.717, 1.165) is 23.5 Å². The van der Waals surface area contributed by atoms with Gasteiger partial charge >= 0.3 is 0 Å². The average molecular weight is 266 g/mol. The number of para-hydroxylation sites is 1. The highest BCUT2D eigenvalue weighted by Crippen LogP contribution is 2.28. The Balaban J connectivity index is 2.43. The van der Waals surface area contributed by atoms with Crippen LogP contribution in [0.15, 0.2) is 29.2 Å². The first-order valence-corrected chi connectivity index (χ1v) is 7.17. The molecule has 1 atom stereocenters. The van der Waals surface area contributed by atoms with Crippen LogP contribution in [0.5, 0.6) is 0 Å². The number of nitrogens with two attached hydrogens (primary N) is 1. The molecule has 18 heavy (non-hydrogen) atoms. The summed E-state index contributed by atoms with van der Waals surface area (Å²) in [7, 11) is 0. The molecule has 100 valence electrons. The number of amides is 1. The number of hydrogen-bond donors (Lipinski definition) is 2. The fourth-order valence-electron chi connectivity index (χ4n) is 1.46. The van der Waals surface area contributed by atoms with E-state index in [2.05, 4.69) is 19.2 Å². The first-order valence-electron chi connectivity index (χ1n) is 6.29. The second kappa shape index (κ2) is 7.31. The van der Waals surface area contributed by atoms with Crippen LogP contribution in [-0.4, -0.2) is 17.7 Å². The summed E-state index contributed by atoms with van der Waals surface area (Å²) in [4.78, 5) is 12.8. The van der Waals surface area contributed by atoms with Gasteiger partial charge in [0.1, 0.15) is 0 Å². The van der Waals surface area contributed by atoms with Gasteiger partial charge in [-0.25, -0.2) is 0 Å². The lowest BCUT2D eigenvalue weighted by molar-refractivity contribution is -0.120. The third-order valence-electron chi connectivity index (χ3n) is 2.61. The first-order chi connectivity index (χ1) is 8.50. The van der Waals surface area contributed by atoms with Crippen LogP contribution in [0.2, 0.25) is 0 Å². The van der Waals surface area contributed by atoms with Crippen molar-refractivity contribution in [3.63, 3.8) is 0 Å². The molecule has 0 bridgehead atoms. The second-order valence-electron chi connectivity index (χ2n) is 4.77. The van der Waals surface area contributed by atoms with Gasteiger partial charge in [0, 0.05) is 17.1 Å². The molecule has 0 aromatic heterocycles. The Hall–Kier alpha value is -1.16. The minimum absolute atomic E-state index is 0.0731. The molecule has 0 heterocycles. The van der Waals surface area contributed by atoms with Crippen LogP contribution in [0.3, 0.4) is 0 Å². The van der Waals surface area contributed by atoms with Gasteiger partial charge in [-0.1, -0.05) is 26.0 Å². The SMILES string of the molecule is CC(C)CCNC(=O)C(C)Sc1ccccc1N. The van der Waals surface area contributed by atoms with Gasteiger partial charge in [0.05, 0.1) is 5.25 Å². The number of anilines is 1. The standard InChI is InChI=1S/C14H22N2OS/c1-10(2)8-9-16-14(17)11(3)18-13-7-5-4-6-12(13)15/h4-7,10-11H,8-9,15H2,1-3H3,(H,16,17). The molecule has 0 saturated heterocycles. The third-order valence-corrected chi connectivity index (χ3v) is 3.81. The third kappa shape index (κ3) is 5.00. The van der Waals surface area contributed by atoms with Gasteiger partial charge in [-0.3, -0.25) is 4.79 Å². The summed E-state index contributed by atoms with van der Waals surface area (Å²) in [5, 5.41) is 2.83. The van der Waals surface area contributed by atoms with Gasteiger partial charge in [-0.15, -0.1) is 11.8 Å². The number of hydrogen-bond acceptors (Lipinski definition) is 3. The Morgan fingerprint density at radius 2 is 2.00 bits per heavy atom. The molecule has 4 heteroatoms. The monoisotopic (exact) mass is 266 g/mol. The van der Waals surface area contributed by atoms with Crippen molar-refractivity contribution in [3.05, 3.63) is 24.3 Å². The summed E-state index contributed by atoms with van der Waals surface area (Å²) in [6, 6.07) is 7.62. The molecule has 0 radical (unpaired) electrons. The highest BCUT2D eigenvalue weighted by Gasteiger charge is 2.14. The maximum absolute atomic E-state index is 11.9. The van der Waals surface area contributed by atoms with Gasteiger partial charge in [0.2, 0.25) is 5.91 Å². The average Bonchev–Trinajstić information content (AvgIpc) is 2.31. The number of carbonyl (C=O) groups is 1. The fraction of sp³-hybridized carbons (Fsp3) is 0.500. The molecule has 1 aromatic carbocycles. The molecule has 0 aliphatic heterocycles. The number of nitrogens with one attached hydrogen (secondary N) is 1. The van der Waals surface area contributed by atoms with E-state index in [9.17, 15) is 4.79 Å². The number of benzene rings is 1. The maximum atomic E-state index is 11.9. The Morgan fingerprint density at radius 3 is 2.61 bits per heavy atom. The summed E-state index contributed by atoms with van der Waals surface area (Å²) in [6.45, 7) is 6.94. The Bertz CT molecular complexity index is 393. The molecule has 1 amide bonds. The molecule has 1 aromatic rings. The Morgan fingerprint density at radius 1 is 1.33 bits per heavy atom. The van der Waals surface area contributed by atoms with Crippen molar-refractivity contribution in [2.45, 2.75) is 37.3 Å². The van der Waals surface area contributed by atoms with Crippen LogP contribution in [0.4, 0.5) is 5.69 Å². The van der Waals surface area contributed by atoms with E-state index in [1.54, 1.807) is 0 Å². The molecular formula is C14H22N2OS. The van der Waals surface area contributed by atoms with Crippen molar-refractivity contribution >= 4 is 23.4 Å². The fourth-order valence-corrected chi connectivity index (χ4v) is 2.39. The van der Waals surface area contributed by atoms with Crippen LogP contribution >= 0.6 is 11.8 Å². The van der Waals surface area contributed by atoms with Crippen molar-refractivity contribution in [1.82, 2.24) is 5.32 Å². The zero-order valence-electron chi connectivity index (χ0n) is 11.3. The normalized spacial score (nSPS) is 12.4. The minimum Gasteiger partial charge on any atom is -0.398 e. The molecule has 0 aliphatic carbocycles. The first kappa shape index (κ1) is 14.9. The van der Waals surface area contributed by atoms with E-state index in [-0.39, 0.29) is 11.2 Å². The second-order valence-corrected chi connectivity index (χ2v) is 6.15. The van der Waals surface area contributed by atoms with E-state index in [1.807, 2.05) is 31.2 Å². The van der Waals surface area contributed by atoms with E-state index in [0.29, 0.717) is 5.92 Å². The van der Waals surface area contributed by atoms with Crippen LogP contribution in [0, 0.1) is 5.92 Å². The van der Waals surface area contributed by atoms with E-state index < -0.39 is 0 Å². The molecule has 3 N–H and O–H groups in total. The topological polar surface area (TPSA) is 55.1 Å². The van der Waals surface area contributed by atoms with Crippen LogP contribution in [0.25, 0.3) is 0 Å². The zero-order chi connectivity index (χ0) is 13.5. The molecule has 1 rings (SSSR count). The molecule has 0 saturated carbocycles. The van der Waals surface area contributed by atoms with Gasteiger partial charge in [-0.2, -0.15) is 0 Å². The number of rotatable bonds is 6. The van der Waals surface area contributed by atoms with Crippen molar-refractivity contribution in [2.75, 3.05) is 12.3 Å². The van der Waals surface area contributed by atoms with Crippen molar-refractivity contribution in [1.29, 1.82) is 0 Å². The summed E-state index contributed by atoms with van der Waals surface area (Å²) < 4.78 is 0. The zero-order valence-corrected chi connectivity index (χ0v) is 12.1. The largest absolute Gasteiger partial charge is 0.398 e. The summed E-state index contributed by atoms with van der Waals surface area (Å²) in [5.41, 5.74) is 6.58. The smallest absolute Gasteiger partial charge is 0.233 e. The Labute approximate surface area is 114 Å². The highest BCUT2D eigenvalue weighted by molar-refractivity contribution is 8.00. The molecular weight excluding hydrogens is 244 g/mol.